The van der Waals surface area contributed by atoms with E-state index in [-0.39, 0.29) is 10.6 Å². The molecule has 0 aliphatic rings. The first-order chi connectivity index (χ1) is 12.6. The zero-order chi connectivity index (χ0) is 18.5. The summed E-state index contributed by atoms with van der Waals surface area (Å²) in [7, 11) is 1.57. The average Bonchev–Trinajstić information content (AvgIpc) is 3.16. The molecule has 5 nitrogen and oxygen atoms in total. The third-order valence-electron chi connectivity index (χ3n) is 3.59. The summed E-state index contributed by atoms with van der Waals surface area (Å²) in [6.45, 7) is 0. The lowest BCUT2D eigenvalue weighted by Crippen LogP contribution is -2.34. The largest absolute Gasteiger partial charge is 0.496 e. The van der Waals surface area contributed by atoms with Crippen molar-refractivity contribution in [3.63, 3.8) is 0 Å². The monoisotopic (exact) mass is 386 g/mol. The van der Waals surface area contributed by atoms with Crippen molar-refractivity contribution in [3.05, 3.63) is 70.6 Å². The molecule has 0 radical (unpaired) electrons. The van der Waals surface area contributed by atoms with Gasteiger partial charge in [0.15, 0.2) is 0 Å². The Labute approximate surface area is 159 Å². The van der Waals surface area contributed by atoms with Crippen molar-refractivity contribution in [2.75, 3.05) is 12.4 Å². The highest BCUT2D eigenvalue weighted by Gasteiger charge is 2.14. The van der Waals surface area contributed by atoms with E-state index in [0.29, 0.717) is 11.4 Å². The molecular weight excluding hydrogens is 372 g/mol. The van der Waals surface area contributed by atoms with Crippen LogP contribution in [-0.4, -0.2) is 19.0 Å². The second kappa shape index (κ2) is 8.03. The van der Waals surface area contributed by atoms with Crippen LogP contribution in [0.5, 0.6) is 5.75 Å². The van der Waals surface area contributed by atoms with Gasteiger partial charge in [-0.2, -0.15) is 0 Å². The van der Waals surface area contributed by atoms with Gasteiger partial charge in [-0.15, -0.1) is 11.3 Å². The molecule has 3 amide bonds. The van der Waals surface area contributed by atoms with Crippen LogP contribution < -0.4 is 15.4 Å². The molecule has 0 saturated heterocycles. The number of methoxy groups -OCH3 is 1. The summed E-state index contributed by atoms with van der Waals surface area (Å²) in [6, 6.07) is 15.1. The van der Waals surface area contributed by atoms with Crippen LogP contribution in [0, 0.1) is 0 Å². The summed E-state index contributed by atoms with van der Waals surface area (Å²) in [6.07, 6.45) is 0. The third kappa shape index (κ3) is 4.04. The Morgan fingerprint density at radius 3 is 2.58 bits per heavy atom. The van der Waals surface area contributed by atoms with Gasteiger partial charge in [-0.3, -0.25) is 10.1 Å². The van der Waals surface area contributed by atoms with Gasteiger partial charge in [0.25, 0.3) is 5.91 Å². The van der Waals surface area contributed by atoms with Crippen LogP contribution in [0.4, 0.5) is 10.5 Å². The van der Waals surface area contributed by atoms with Crippen molar-refractivity contribution in [2.24, 2.45) is 0 Å². The Bertz CT molecular complexity index is 942. The zero-order valence-corrected chi connectivity index (χ0v) is 15.4. The molecule has 0 bridgehead atoms. The second-order valence-corrected chi connectivity index (χ2v) is 6.64. The summed E-state index contributed by atoms with van der Waals surface area (Å²) in [5.41, 5.74) is 1.67. The summed E-state index contributed by atoms with van der Waals surface area (Å²) in [5, 5.41) is 7.13. The molecule has 1 aromatic heterocycles. The van der Waals surface area contributed by atoms with Crippen LogP contribution in [-0.2, 0) is 0 Å². The van der Waals surface area contributed by atoms with E-state index in [1.54, 1.807) is 54.8 Å². The molecule has 0 saturated carbocycles. The van der Waals surface area contributed by atoms with Crippen LogP contribution in [0.25, 0.3) is 10.4 Å². The minimum Gasteiger partial charge on any atom is -0.496 e. The number of amides is 3. The molecule has 0 aliphatic heterocycles. The smallest absolute Gasteiger partial charge is 0.326 e. The van der Waals surface area contributed by atoms with E-state index in [9.17, 15) is 9.59 Å². The summed E-state index contributed by atoms with van der Waals surface area (Å²) in [5.74, 6) is 0.0537. The fourth-order valence-corrected chi connectivity index (χ4v) is 3.36. The number of hydrogen-bond acceptors (Lipinski definition) is 4. The maximum Gasteiger partial charge on any atom is 0.326 e. The molecule has 0 unspecified atom stereocenters. The van der Waals surface area contributed by atoms with Crippen LogP contribution in [0.3, 0.4) is 0 Å². The number of carbonyl (C=O) groups excluding carboxylic acids is 2. The van der Waals surface area contributed by atoms with Gasteiger partial charge < -0.3 is 10.1 Å². The van der Waals surface area contributed by atoms with E-state index in [0.717, 1.165) is 10.4 Å². The van der Waals surface area contributed by atoms with Crippen molar-refractivity contribution >= 4 is 40.6 Å². The van der Waals surface area contributed by atoms with Crippen LogP contribution in [0.15, 0.2) is 60.0 Å². The first-order valence-corrected chi connectivity index (χ1v) is 8.93. The van der Waals surface area contributed by atoms with E-state index in [1.165, 1.54) is 0 Å². The molecule has 3 aromatic rings. The Morgan fingerprint density at radius 1 is 1.08 bits per heavy atom. The molecule has 0 fully saturated rings. The van der Waals surface area contributed by atoms with Gasteiger partial charge in [0.05, 0.1) is 17.7 Å². The van der Waals surface area contributed by atoms with Crippen LogP contribution in [0.2, 0.25) is 5.02 Å². The molecule has 2 N–H and O–H groups in total. The lowest BCUT2D eigenvalue weighted by atomic mass is 10.1. The van der Waals surface area contributed by atoms with Crippen molar-refractivity contribution in [1.82, 2.24) is 5.32 Å². The Morgan fingerprint density at radius 2 is 1.88 bits per heavy atom. The fourth-order valence-electron chi connectivity index (χ4n) is 2.38. The van der Waals surface area contributed by atoms with E-state index in [1.807, 2.05) is 23.6 Å². The normalized spacial score (nSPS) is 10.2. The molecule has 0 atom stereocenters. The first-order valence-electron chi connectivity index (χ1n) is 7.67. The molecule has 7 heteroatoms. The predicted molar refractivity (Wildman–Crippen MR) is 104 cm³/mol. The first kappa shape index (κ1) is 18.0. The van der Waals surface area contributed by atoms with E-state index < -0.39 is 11.9 Å². The SMILES string of the molecule is COc1cc(NC(=O)NC(=O)c2ccccc2Cl)ccc1-c1cccs1. The second-order valence-electron chi connectivity index (χ2n) is 5.28. The van der Waals surface area contributed by atoms with Gasteiger partial charge in [0.1, 0.15) is 5.75 Å². The van der Waals surface area contributed by atoms with Crippen molar-refractivity contribution in [3.8, 4) is 16.2 Å². The maximum atomic E-state index is 12.1. The number of imide groups is 1. The van der Waals surface area contributed by atoms with E-state index in [2.05, 4.69) is 10.6 Å². The maximum absolute atomic E-state index is 12.1. The number of carbonyl (C=O) groups is 2. The lowest BCUT2D eigenvalue weighted by molar-refractivity contribution is 0.0967. The van der Waals surface area contributed by atoms with Gasteiger partial charge in [-0.25, -0.2) is 4.79 Å². The number of ether oxygens (including phenoxy) is 1. The fraction of sp³-hybridized carbons (Fsp3) is 0.0526. The number of nitrogens with one attached hydrogen (secondary N) is 2. The number of hydrogen-bond donors (Lipinski definition) is 2. The molecule has 0 aliphatic carbocycles. The molecule has 132 valence electrons. The molecule has 1 heterocycles. The number of rotatable bonds is 4. The van der Waals surface area contributed by atoms with Gasteiger partial charge in [-0.05, 0) is 35.7 Å². The third-order valence-corrected chi connectivity index (χ3v) is 4.82. The van der Waals surface area contributed by atoms with Crippen LogP contribution >= 0.6 is 22.9 Å². The summed E-state index contributed by atoms with van der Waals surface area (Å²) >= 11 is 7.56. The standard InChI is InChI=1S/C19H15ClN2O3S/c1-25-16-11-12(8-9-14(16)17-7-4-10-26-17)21-19(24)22-18(23)13-5-2-3-6-15(13)20/h2-11H,1H3,(H2,21,22,23,24). The molecule has 0 spiro atoms. The average molecular weight is 387 g/mol. The highest BCUT2D eigenvalue weighted by atomic mass is 35.5. The number of halogens is 1. The number of thiophene rings is 1. The minimum atomic E-state index is -0.652. The minimum absolute atomic E-state index is 0.231. The highest BCUT2D eigenvalue weighted by molar-refractivity contribution is 7.13. The Balaban J connectivity index is 1.71. The molecule has 3 rings (SSSR count). The van der Waals surface area contributed by atoms with Gasteiger partial charge in [0, 0.05) is 22.2 Å². The van der Waals surface area contributed by atoms with Gasteiger partial charge in [-0.1, -0.05) is 29.8 Å². The number of anilines is 1. The molecule has 2 aromatic carbocycles. The number of urea groups is 1. The Kier molecular flexibility index (Phi) is 5.55. The number of benzene rings is 2. The topological polar surface area (TPSA) is 67.4 Å². The molecular formula is C19H15ClN2O3S. The quantitative estimate of drug-likeness (QED) is 0.660. The van der Waals surface area contributed by atoms with Gasteiger partial charge in [0.2, 0.25) is 0 Å². The highest BCUT2D eigenvalue weighted by Crippen LogP contribution is 2.35. The van der Waals surface area contributed by atoms with Crippen molar-refractivity contribution < 1.29 is 14.3 Å². The summed E-state index contributed by atoms with van der Waals surface area (Å²) < 4.78 is 5.41. The zero-order valence-electron chi connectivity index (χ0n) is 13.8. The lowest BCUT2D eigenvalue weighted by Gasteiger charge is -2.11. The predicted octanol–water partition coefficient (Wildman–Crippen LogP) is 5.04. The Hall–Kier alpha value is -2.83. The van der Waals surface area contributed by atoms with E-state index >= 15 is 0 Å². The van der Waals surface area contributed by atoms with Crippen LogP contribution in [0.1, 0.15) is 10.4 Å². The van der Waals surface area contributed by atoms with Crippen molar-refractivity contribution in [2.45, 2.75) is 0 Å². The van der Waals surface area contributed by atoms with Gasteiger partial charge >= 0.3 is 6.03 Å². The van der Waals surface area contributed by atoms with Crippen molar-refractivity contribution in [1.29, 1.82) is 0 Å². The van der Waals surface area contributed by atoms with E-state index in [4.69, 9.17) is 16.3 Å². The summed E-state index contributed by atoms with van der Waals surface area (Å²) in [4.78, 5) is 25.3. The molecule has 26 heavy (non-hydrogen) atoms.